The van der Waals surface area contributed by atoms with Crippen molar-refractivity contribution in [3.63, 3.8) is 0 Å². The summed E-state index contributed by atoms with van der Waals surface area (Å²) in [7, 11) is 1.35. The first kappa shape index (κ1) is 13.4. The molecule has 4 nitrogen and oxygen atoms in total. The second-order valence-electron chi connectivity index (χ2n) is 3.52. The molecule has 1 rings (SSSR count). The van der Waals surface area contributed by atoms with Gasteiger partial charge in [0, 0.05) is 18.6 Å². The smallest absolute Gasteiger partial charge is 0.394 e. The SMILES string of the molecule is CN(CCc1cc(Cl)ccc1F)C(=O)C(=O)O. The molecule has 0 aromatic heterocycles. The molecule has 1 N–H and O–H groups in total. The normalized spacial score (nSPS) is 10.1. The zero-order valence-electron chi connectivity index (χ0n) is 9.11. The van der Waals surface area contributed by atoms with Gasteiger partial charge in [0.15, 0.2) is 0 Å². The van der Waals surface area contributed by atoms with Gasteiger partial charge in [-0.3, -0.25) is 4.79 Å². The van der Waals surface area contributed by atoms with Crippen LogP contribution in [0.1, 0.15) is 5.56 Å². The molecule has 0 aliphatic rings. The van der Waals surface area contributed by atoms with Gasteiger partial charge in [0.2, 0.25) is 0 Å². The molecule has 0 aliphatic carbocycles. The van der Waals surface area contributed by atoms with Gasteiger partial charge in [0.1, 0.15) is 5.82 Å². The molecule has 0 aliphatic heterocycles. The lowest BCUT2D eigenvalue weighted by Gasteiger charge is -2.14. The number of amides is 1. The van der Waals surface area contributed by atoms with Gasteiger partial charge in [-0.05, 0) is 30.2 Å². The summed E-state index contributed by atoms with van der Waals surface area (Å²) in [5, 5.41) is 8.86. The Bertz CT molecular complexity index is 450. The van der Waals surface area contributed by atoms with Crippen LogP contribution in [0.3, 0.4) is 0 Å². The molecule has 1 amide bonds. The number of aliphatic carboxylic acids is 1. The fraction of sp³-hybridized carbons (Fsp3) is 0.273. The molecule has 1 aromatic rings. The Hall–Kier alpha value is -1.62. The average molecular weight is 260 g/mol. The van der Waals surface area contributed by atoms with Crippen molar-refractivity contribution >= 4 is 23.5 Å². The van der Waals surface area contributed by atoms with Crippen LogP contribution in [-0.2, 0) is 16.0 Å². The predicted octanol–water partition coefficient (Wildman–Crippen LogP) is 1.56. The highest BCUT2D eigenvalue weighted by Gasteiger charge is 2.17. The quantitative estimate of drug-likeness (QED) is 0.838. The molecule has 6 heteroatoms. The van der Waals surface area contributed by atoms with Gasteiger partial charge in [0.25, 0.3) is 0 Å². The van der Waals surface area contributed by atoms with Crippen LogP contribution in [0.2, 0.25) is 5.02 Å². The van der Waals surface area contributed by atoms with Crippen LogP contribution in [0.4, 0.5) is 4.39 Å². The largest absolute Gasteiger partial charge is 0.474 e. The highest BCUT2D eigenvalue weighted by atomic mass is 35.5. The Morgan fingerprint density at radius 1 is 1.47 bits per heavy atom. The lowest BCUT2D eigenvalue weighted by atomic mass is 10.1. The van der Waals surface area contributed by atoms with Crippen LogP contribution in [0.25, 0.3) is 0 Å². The first-order chi connectivity index (χ1) is 7.91. The topological polar surface area (TPSA) is 57.6 Å². The van der Waals surface area contributed by atoms with Gasteiger partial charge in [-0.15, -0.1) is 0 Å². The van der Waals surface area contributed by atoms with E-state index in [4.69, 9.17) is 16.7 Å². The fourth-order valence-electron chi connectivity index (χ4n) is 1.29. The minimum absolute atomic E-state index is 0.113. The van der Waals surface area contributed by atoms with Gasteiger partial charge in [-0.1, -0.05) is 11.6 Å². The third-order valence-corrected chi connectivity index (χ3v) is 2.49. The predicted molar refractivity (Wildman–Crippen MR) is 60.4 cm³/mol. The van der Waals surface area contributed by atoms with E-state index in [1.54, 1.807) is 0 Å². The Morgan fingerprint density at radius 3 is 2.71 bits per heavy atom. The minimum Gasteiger partial charge on any atom is -0.474 e. The summed E-state index contributed by atoms with van der Waals surface area (Å²) >= 11 is 5.70. The molecule has 0 unspecified atom stereocenters. The molecule has 0 radical (unpaired) electrons. The highest BCUT2D eigenvalue weighted by molar-refractivity contribution is 6.31. The maximum atomic E-state index is 13.3. The van der Waals surface area contributed by atoms with E-state index in [0.717, 1.165) is 4.90 Å². The van der Waals surface area contributed by atoms with E-state index < -0.39 is 17.7 Å². The molecular weight excluding hydrogens is 249 g/mol. The molecule has 17 heavy (non-hydrogen) atoms. The number of rotatable bonds is 3. The van der Waals surface area contributed by atoms with Crippen molar-refractivity contribution in [1.29, 1.82) is 0 Å². The van der Waals surface area contributed by atoms with Gasteiger partial charge < -0.3 is 10.0 Å². The molecule has 92 valence electrons. The number of benzene rings is 1. The average Bonchev–Trinajstić information content (AvgIpc) is 2.28. The molecule has 0 bridgehead atoms. The lowest BCUT2D eigenvalue weighted by Crippen LogP contribution is -2.34. The fourth-order valence-corrected chi connectivity index (χ4v) is 1.48. The van der Waals surface area contributed by atoms with Crippen LogP contribution >= 0.6 is 11.6 Å². The Balaban J connectivity index is 2.64. The van der Waals surface area contributed by atoms with E-state index in [-0.39, 0.29) is 13.0 Å². The van der Waals surface area contributed by atoms with Crippen molar-refractivity contribution in [2.45, 2.75) is 6.42 Å². The molecular formula is C11H11ClFNO3. The molecule has 0 spiro atoms. The summed E-state index contributed by atoms with van der Waals surface area (Å²) in [6.07, 6.45) is 0.210. The number of halogens is 2. The van der Waals surface area contributed by atoms with Crippen molar-refractivity contribution in [2.24, 2.45) is 0 Å². The first-order valence-electron chi connectivity index (χ1n) is 4.84. The zero-order chi connectivity index (χ0) is 13.0. The monoisotopic (exact) mass is 259 g/mol. The van der Waals surface area contributed by atoms with Crippen LogP contribution in [0, 0.1) is 5.82 Å². The summed E-state index contributed by atoms with van der Waals surface area (Å²) in [4.78, 5) is 22.4. The minimum atomic E-state index is -1.53. The number of likely N-dealkylation sites (N-methyl/N-ethyl adjacent to an activating group) is 1. The number of hydrogen-bond acceptors (Lipinski definition) is 2. The van der Waals surface area contributed by atoms with Crippen LogP contribution in [-0.4, -0.2) is 35.5 Å². The first-order valence-corrected chi connectivity index (χ1v) is 5.22. The van der Waals surface area contributed by atoms with Crippen LogP contribution in [0.5, 0.6) is 0 Å². The number of nitrogens with zero attached hydrogens (tertiary/aromatic N) is 1. The molecule has 0 heterocycles. The van der Waals surface area contributed by atoms with E-state index >= 15 is 0 Å². The lowest BCUT2D eigenvalue weighted by molar-refractivity contribution is -0.155. The van der Waals surface area contributed by atoms with E-state index in [1.165, 1.54) is 25.2 Å². The highest BCUT2D eigenvalue weighted by Crippen LogP contribution is 2.15. The van der Waals surface area contributed by atoms with Crippen LogP contribution < -0.4 is 0 Å². The van der Waals surface area contributed by atoms with Crippen molar-refractivity contribution in [3.05, 3.63) is 34.6 Å². The summed E-state index contributed by atoms with van der Waals surface area (Å²) in [6.45, 7) is 0.113. The summed E-state index contributed by atoms with van der Waals surface area (Å²) < 4.78 is 13.3. The molecule has 0 saturated heterocycles. The zero-order valence-corrected chi connectivity index (χ0v) is 9.87. The molecule has 0 fully saturated rings. The number of hydrogen-bond donors (Lipinski definition) is 1. The van der Waals surface area contributed by atoms with Gasteiger partial charge in [0.05, 0.1) is 0 Å². The van der Waals surface area contributed by atoms with Crippen molar-refractivity contribution in [3.8, 4) is 0 Å². The van der Waals surface area contributed by atoms with Gasteiger partial charge in [-0.25, -0.2) is 9.18 Å². The second-order valence-corrected chi connectivity index (χ2v) is 3.95. The number of carboxylic acid groups (broad SMARTS) is 1. The maximum Gasteiger partial charge on any atom is 0.394 e. The molecule has 0 atom stereocenters. The maximum absolute atomic E-state index is 13.3. The Labute approximate surface area is 103 Å². The van der Waals surface area contributed by atoms with E-state index in [1.807, 2.05) is 0 Å². The van der Waals surface area contributed by atoms with Crippen LogP contribution in [0.15, 0.2) is 18.2 Å². The Morgan fingerprint density at radius 2 is 2.12 bits per heavy atom. The van der Waals surface area contributed by atoms with E-state index in [0.29, 0.717) is 10.6 Å². The molecule has 1 aromatic carbocycles. The van der Waals surface area contributed by atoms with Crippen molar-refractivity contribution in [2.75, 3.05) is 13.6 Å². The number of carboxylic acids is 1. The summed E-state index contributed by atoms with van der Waals surface area (Å²) in [5.74, 6) is -2.97. The summed E-state index contributed by atoms with van der Waals surface area (Å²) in [5.41, 5.74) is 0.350. The standard InChI is InChI=1S/C11H11ClFNO3/c1-14(10(15)11(16)17)5-4-7-6-8(12)2-3-9(7)13/h2-3,6H,4-5H2,1H3,(H,16,17). The Kier molecular flexibility index (Phi) is 4.45. The second kappa shape index (κ2) is 5.63. The number of carbonyl (C=O) groups is 2. The van der Waals surface area contributed by atoms with E-state index in [9.17, 15) is 14.0 Å². The van der Waals surface area contributed by atoms with E-state index in [2.05, 4.69) is 0 Å². The third kappa shape index (κ3) is 3.71. The summed E-state index contributed by atoms with van der Waals surface area (Å²) in [6, 6.07) is 4.11. The van der Waals surface area contributed by atoms with Gasteiger partial charge in [-0.2, -0.15) is 0 Å². The van der Waals surface area contributed by atoms with Crippen molar-refractivity contribution in [1.82, 2.24) is 4.90 Å². The number of carbonyl (C=O) groups excluding carboxylic acids is 1. The molecule has 0 saturated carbocycles. The third-order valence-electron chi connectivity index (χ3n) is 2.25. The van der Waals surface area contributed by atoms with Gasteiger partial charge >= 0.3 is 11.9 Å². The van der Waals surface area contributed by atoms with Crippen molar-refractivity contribution < 1.29 is 19.1 Å².